The Morgan fingerprint density at radius 2 is 1.64 bits per heavy atom. The van der Waals surface area contributed by atoms with Crippen LogP contribution >= 0.6 is 0 Å². The maximum absolute atomic E-state index is 12.9. The summed E-state index contributed by atoms with van der Waals surface area (Å²) in [4.78, 5) is 26.6. The van der Waals surface area contributed by atoms with Gasteiger partial charge < -0.3 is 10.2 Å². The highest BCUT2D eigenvalue weighted by molar-refractivity contribution is 7.89. The molecular weight excluding hydrogens is 378 g/mol. The van der Waals surface area contributed by atoms with E-state index < -0.39 is 16.1 Å². The van der Waals surface area contributed by atoms with Crippen molar-refractivity contribution in [2.75, 3.05) is 19.4 Å². The van der Waals surface area contributed by atoms with Crippen LogP contribution < -0.4 is 5.32 Å². The van der Waals surface area contributed by atoms with Crippen LogP contribution in [0.4, 0.5) is 5.69 Å². The number of carbonyl (C=O) groups excluding carboxylic acids is 2. The Balaban J connectivity index is 1.79. The predicted molar refractivity (Wildman–Crippen MR) is 106 cm³/mol. The van der Waals surface area contributed by atoms with Gasteiger partial charge in [0, 0.05) is 39.7 Å². The summed E-state index contributed by atoms with van der Waals surface area (Å²) < 4.78 is 25.4. The average Bonchev–Trinajstić information content (AvgIpc) is 2.67. The minimum atomic E-state index is -3.53. The molecule has 0 radical (unpaired) electrons. The van der Waals surface area contributed by atoms with Gasteiger partial charge in [0.1, 0.15) is 6.04 Å². The molecule has 3 rings (SSSR count). The first kappa shape index (κ1) is 20.0. The molecule has 0 saturated carbocycles. The topological polar surface area (TPSA) is 86.8 Å². The summed E-state index contributed by atoms with van der Waals surface area (Å²) in [7, 11) is -0.607. The van der Waals surface area contributed by atoms with Crippen LogP contribution in [0.1, 0.15) is 18.1 Å². The molecule has 7 nitrogen and oxygen atoms in total. The normalized spacial score (nSPS) is 16.6. The lowest BCUT2D eigenvalue weighted by Gasteiger charge is -2.35. The van der Waals surface area contributed by atoms with Crippen molar-refractivity contribution in [1.29, 1.82) is 0 Å². The highest BCUT2D eigenvalue weighted by atomic mass is 32.2. The van der Waals surface area contributed by atoms with E-state index in [-0.39, 0.29) is 16.7 Å². The van der Waals surface area contributed by atoms with Crippen molar-refractivity contribution in [3.63, 3.8) is 0 Å². The first-order valence-corrected chi connectivity index (χ1v) is 10.3. The number of rotatable bonds is 4. The van der Waals surface area contributed by atoms with Crippen molar-refractivity contribution in [2.24, 2.45) is 0 Å². The summed E-state index contributed by atoms with van der Waals surface area (Å²) in [5.41, 5.74) is 2.57. The average molecular weight is 401 g/mol. The van der Waals surface area contributed by atoms with Gasteiger partial charge in [-0.05, 0) is 35.4 Å². The van der Waals surface area contributed by atoms with E-state index in [9.17, 15) is 18.0 Å². The van der Waals surface area contributed by atoms with Crippen molar-refractivity contribution in [3.05, 3.63) is 59.7 Å². The van der Waals surface area contributed by atoms with Crippen molar-refractivity contribution < 1.29 is 18.0 Å². The SMILES string of the molecule is CC(=O)N1Cc2ccccc2C[C@@H]1C(=O)Nc1ccc(S(=O)(=O)N(C)C)cc1. The van der Waals surface area contributed by atoms with Gasteiger partial charge in [-0.2, -0.15) is 0 Å². The summed E-state index contributed by atoms with van der Waals surface area (Å²) in [6, 6.07) is 13.1. The Morgan fingerprint density at radius 3 is 2.21 bits per heavy atom. The van der Waals surface area contributed by atoms with Gasteiger partial charge in [-0.15, -0.1) is 0 Å². The van der Waals surface area contributed by atoms with E-state index in [0.29, 0.717) is 18.7 Å². The molecule has 0 aliphatic carbocycles. The molecular formula is C20H23N3O4S. The van der Waals surface area contributed by atoms with Gasteiger partial charge >= 0.3 is 0 Å². The Labute approximate surface area is 165 Å². The third-order valence-corrected chi connectivity index (χ3v) is 6.69. The lowest BCUT2D eigenvalue weighted by molar-refractivity contribution is -0.138. The molecule has 2 amide bonds. The minimum absolute atomic E-state index is 0.146. The summed E-state index contributed by atoms with van der Waals surface area (Å²) >= 11 is 0. The fourth-order valence-electron chi connectivity index (χ4n) is 3.23. The van der Waals surface area contributed by atoms with E-state index in [1.165, 1.54) is 33.2 Å². The van der Waals surface area contributed by atoms with Crippen LogP contribution in [0.25, 0.3) is 0 Å². The fourth-order valence-corrected chi connectivity index (χ4v) is 4.14. The molecule has 1 atom stereocenters. The molecule has 1 heterocycles. The second-order valence-corrected chi connectivity index (χ2v) is 9.09. The number of fused-ring (bicyclic) bond motifs is 1. The molecule has 2 aromatic rings. The number of nitrogens with one attached hydrogen (secondary N) is 1. The van der Waals surface area contributed by atoms with Crippen LogP contribution in [0, 0.1) is 0 Å². The maximum atomic E-state index is 12.9. The molecule has 1 N–H and O–H groups in total. The highest BCUT2D eigenvalue weighted by Crippen LogP contribution is 2.25. The molecule has 2 aromatic carbocycles. The molecule has 28 heavy (non-hydrogen) atoms. The Morgan fingerprint density at radius 1 is 1.04 bits per heavy atom. The van der Waals surface area contributed by atoms with E-state index in [1.807, 2.05) is 24.3 Å². The minimum Gasteiger partial charge on any atom is -0.326 e. The number of benzene rings is 2. The molecule has 0 fully saturated rings. The smallest absolute Gasteiger partial charge is 0.247 e. The van der Waals surface area contributed by atoms with Gasteiger partial charge in [-0.25, -0.2) is 12.7 Å². The molecule has 0 unspecified atom stereocenters. The molecule has 1 aliphatic heterocycles. The Kier molecular flexibility index (Phi) is 5.53. The summed E-state index contributed by atoms with van der Waals surface area (Å²) in [5.74, 6) is -0.463. The van der Waals surface area contributed by atoms with E-state index in [4.69, 9.17) is 0 Å². The zero-order valence-electron chi connectivity index (χ0n) is 16.0. The lowest BCUT2D eigenvalue weighted by atomic mass is 9.93. The van der Waals surface area contributed by atoms with Gasteiger partial charge in [0.05, 0.1) is 4.90 Å². The van der Waals surface area contributed by atoms with E-state index in [1.54, 1.807) is 17.0 Å². The molecule has 0 saturated heterocycles. The third kappa shape index (κ3) is 3.93. The van der Waals surface area contributed by atoms with Gasteiger partial charge in [0.25, 0.3) is 0 Å². The second kappa shape index (κ2) is 7.73. The van der Waals surface area contributed by atoms with Crippen LogP contribution in [0.5, 0.6) is 0 Å². The van der Waals surface area contributed by atoms with Crippen molar-refractivity contribution in [1.82, 2.24) is 9.21 Å². The monoisotopic (exact) mass is 401 g/mol. The van der Waals surface area contributed by atoms with Gasteiger partial charge in [-0.1, -0.05) is 24.3 Å². The van der Waals surface area contributed by atoms with Gasteiger partial charge in [0.2, 0.25) is 21.8 Å². The summed E-state index contributed by atoms with van der Waals surface area (Å²) in [6.07, 6.45) is 0.439. The number of carbonyl (C=O) groups is 2. The highest BCUT2D eigenvalue weighted by Gasteiger charge is 2.33. The van der Waals surface area contributed by atoms with Crippen molar-refractivity contribution in [2.45, 2.75) is 30.8 Å². The van der Waals surface area contributed by atoms with E-state index >= 15 is 0 Å². The zero-order chi connectivity index (χ0) is 20.5. The number of nitrogens with zero attached hydrogens (tertiary/aromatic N) is 2. The predicted octanol–water partition coefficient (Wildman–Crippen LogP) is 1.85. The van der Waals surface area contributed by atoms with Crippen LogP contribution in [-0.2, 0) is 32.6 Å². The fraction of sp³-hybridized carbons (Fsp3) is 0.300. The molecule has 8 heteroatoms. The number of amides is 2. The maximum Gasteiger partial charge on any atom is 0.247 e. The molecule has 148 valence electrons. The van der Waals surface area contributed by atoms with E-state index in [0.717, 1.165) is 15.4 Å². The van der Waals surface area contributed by atoms with Crippen LogP contribution in [-0.4, -0.2) is 49.6 Å². The number of hydrogen-bond acceptors (Lipinski definition) is 4. The first-order valence-electron chi connectivity index (χ1n) is 8.87. The third-order valence-electron chi connectivity index (χ3n) is 4.86. The molecule has 1 aliphatic rings. The van der Waals surface area contributed by atoms with Crippen molar-refractivity contribution >= 4 is 27.5 Å². The second-order valence-electron chi connectivity index (χ2n) is 6.94. The van der Waals surface area contributed by atoms with Gasteiger partial charge in [-0.3, -0.25) is 9.59 Å². The largest absolute Gasteiger partial charge is 0.326 e. The summed E-state index contributed by atoms with van der Waals surface area (Å²) in [5, 5.41) is 2.79. The molecule has 0 spiro atoms. The zero-order valence-corrected chi connectivity index (χ0v) is 16.9. The first-order chi connectivity index (χ1) is 13.2. The number of hydrogen-bond donors (Lipinski definition) is 1. The Hall–Kier alpha value is -2.71. The lowest BCUT2D eigenvalue weighted by Crippen LogP contribution is -2.49. The quantitative estimate of drug-likeness (QED) is 0.847. The van der Waals surface area contributed by atoms with Crippen LogP contribution in [0.15, 0.2) is 53.4 Å². The van der Waals surface area contributed by atoms with Crippen LogP contribution in [0.2, 0.25) is 0 Å². The standard InChI is InChI=1S/C20H23N3O4S/c1-14(24)23-13-16-7-5-4-6-15(16)12-19(23)20(25)21-17-8-10-18(11-9-17)28(26,27)22(2)3/h4-11,19H,12-13H2,1-3H3,(H,21,25)/t19-/m1/s1. The Bertz CT molecular complexity index is 1000. The number of sulfonamides is 1. The number of anilines is 1. The van der Waals surface area contributed by atoms with Crippen LogP contribution in [0.3, 0.4) is 0 Å². The molecule has 0 bridgehead atoms. The summed E-state index contributed by atoms with van der Waals surface area (Å²) in [6.45, 7) is 1.85. The van der Waals surface area contributed by atoms with Gasteiger partial charge in [0.15, 0.2) is 0 Å². The van der Waals surface area contributed by atoms with Crippen molar-refractivity contribution in [3.8, 4) is 0 Å². The van der Waals surface area contributed by atoms with E-state index in [2.05, 4.69) is 5.32 Å². The molecule has 0 aromatic heterocycles.